The molecule has 3 heterocycles. The Labute approximate surface area is 234 Å². The summed E-state index contributed by atoms with van der Waals surface area (Å²) in [6.07, 6.45) is 5.48. The number of piperazine rings is 1. The van der Waals surface area contributed by atoms with Gasteiger partial charge in [0.2, 0.25) is 0 Å². The maximum absolute atomic E-state index is 14.1. The molecular weight excluding hydrogens is 523 g/mol. The zero-order valence-corrected chi connectivity index (χ0v) is 23.5. The van der Waals surface area contributed by atoms with Crippen molar-refractivity contribution in [3.05, 3.63) is 93.1 Å². The molecule has 202 valence electrons. The fraction of sp³-hybridized carbons (Fsp3) is 0.414. The SMILES string of the molecule is CO[C@]1(c2ccc(Cl)cc2)c2ccc(C(C)(O)CN3CCN(C)CC3)cc2C(=O)N1CC1C=CC(Cl)=CN1. The lowest BCUT2D eigenvalue weighted by molar-refractivity contribution is -0.0837. The van der Waals surface area contributed by atoms with Crippen molar-refractivity contribution in [3.8, 4) is 0 Å². The Morgan fingerprint density at radius 1 is 1.13 bits per heavy atom. The first-order valence-electron chi connectivity index (χ1n) is 12.9. The maximum atomic E-state index is 14.1. The highest BCUT2D eigenvalue weighted by Crippen LogP contribution is 2.46. The van der Waals surface area contributed by atoms with Crippen LogP contribution >= 0.6 is 23.2 Å². The standard InChI is InChI=1S/C29H34Cl2N4O3/c1-28(37,19-34-14-12-33(2)13-15-34)21-6-11-26-25(16-21)27(36)35(18-24-10-9-23(31)17-32-24)29(26,38-3)20-4-7-22(30)8-5-20/h4-11,16-17,24,32,37H,12-15,18-19H2,1-3H3/t24?,28?,29-/m1/s1. The molecule has 1 fully saturated rings. The molecule has 7 nitrogen and oxygen atoms in total. The fourth-order valence-electron chi connectivity index (χ4n) is 5.66. The first-order valence-corrected chi connectivity index (χ1v) is 13.6. The van der Waals surface area contributed by atoms with E-state index in [1.54, 1.807) is 30.3 Å². The molecular formula is C29H34Cl2N4O3. The van der Waals surface area contributed by atoms with Gasteiger partial charge in [0.25, 0.3) is 5.91 Å². The molecule has 9 heteroatoms. The fourth-order valence-corrected chi connectivity index (χ4v) is 5.93. The Morgan fingerprint density at radius 2 is 1.84 bits per heavy atom. The van der Waals surface area contributed by atoms with Crippen LogP contribution in [0.5, 0.6) is 0 Å². The highest BCUT2D eigenvalue weighted by molar-refractivity contribution is 6.31. The number of β-amino-alcohol motifs (C(OH)–C–C–N with tert-alkyl or cyclic N) is 1. The molecule has 1 saturated heterocycles. The topological polar surface area (TPSA) is 68.3 Å². The van der Waals surface area contributed by atoms with Gasteiger partial charge in [0.1, 0.15) is 0 Å². The number of rotatable bonds is 7. The number of ether oxygens (including phenoxy) is 1. The summed E-state index contributed by atoms with van der Waals surface area (Å²) in [6, 6.07) is 12.9. The van der Waals surface area contributed by atoms with E-state index in [1.165, 1.54) is 0 Å². The van der Waals surface area contributed by atoms with Crippen LogP contribution in [0, 0.1) is 0 Å². The Bertz CT molecular complexity index is 1250. The molecule has 5 rings (SSSR count). The minimum absolute atomic E-state index is 0.155. The van der Waals surface area contributed by atoms with Crippen molar-refractivity contribution in [2.24, 2.45) is 0 Å². The summed E-state index contributed by atoms with van der Waals surface area (Å²) >= 11 is 12.3. The van der Waals surface area contributed by atoms with Crippen molar-refractivity contribution in [1.29, 1.82) is 0 Å². The summed E-state index contributed by atoms with van der Waals surface area (Å²) in [6.45, 7) is 6.38. The molecule has 0 aliphatic carbocycles. The molecule has 1 amide bonds. The van der Waals surface area contributed by atoms with Crippen molar-refractivity contribution in [2.45, 2.75) is 24.3 Å². The molecule has 3 aliphatic heterocycles. The first kappa shape index (κ1) is 27.2. The van der Waals surface area contributed by atoms with Crippen LogP contribution in [0.15, 0.2) is 65.8 Å². The number of likely N-dealkylation sites (N-methyl/N-ethyl adjacent to an activating group) is 1. The van der Waals surface area contributed by atoms with Gasteiger partial charge in [0.05, 0.1) is 16.7 Å². The third-order valence-electron chi connectivity index (χ3n) is 7.82. The van der Waals surface area contributed by atoms with E-state index >= 15 is 0 Å². The molecule has 3 aliphatic rings. The summed E-state index contributed by atoms with van der Waals surface area (Å²) in [5.41, 5.74) is 0.480. The molecule has 2 unspecified atom stereocenters. The van der Waals surface area contributed by atoms with Crippen LogP contribution in [0.1, 0.15) is 34.0 Å². The largest absolute Gasteiger partial charge is 0.384 e. The number of fused-ring (bicyclic) bond motifs is 1. The summed E-state index contributed by atoms with van der Waals surface area (Å²) in [5, 5.41) is 16.0. The number of hydrogen-bond acceptors (Lipinski definition) is 6. The maximum Gasteiger partial charge on any atom is 0.257 e. The van der Waals surface area contributed by atoms with Gasteiger partial charge in [-0.15, -0.1) is 0 Å². The van der Waals surface area contributed by atoms with Gasteiger partial charge in [0.15, 0.2) is 5.72 Å². The zero-order valence-electron chi connectivity index (χ0n) is 22.0. The van der Waals surface area contributed by atoms with E-state index in [2.05, 4.69) is 22.2 Å². The van der Waals surface area contributed by atoms with Crippen LogP contribution in [0.4, 0.5) is 0 Å². The van der Waals surface area contributed by atoms with Gasteiger partial charge in [-0.1, -0.05) is 53.5 Å². The van der Waals surface area contributed by atoms with E-state index in [9.17, 15) is 9.90 Å². The Kier molecular flexibility index (Phi) is 7.61. The number of hydrogen-bond donors (Lipinski definition) is 2. The van der Waals surface area contributed by atoms with Gasteiger partial charge < -0.3 is 20.1 Å². The van der Waals surface area contributed by atoms with Crippen molar-refractivity contribution in [3.63, 3.8) is 0 Å². The van der Waals surface area contributed by atoms with Crippen molar-refractivity contribution in [2.75, 3.05) is 53.4 Å². The van der Waals surface area contributed by atoms with Crippen LogP contribution in [-0.4, -0.2) is 85.2 Å². The van der Waals surface area contributed by atoms with E-state index in [-0.39, 0.29) is 11.9 Å². The third-order valence-corrected chi connectivity index (χ3v) is 8.31. The average molecular weight is 558 g/mol. The molecule has 0 bridgehead atoms. The van der Waals surface area contributed by atoms with Crippen LogP contribution in [0.2, 0.25) is 5.02 Å². The summed E-state index contributed by atoms with van der Waals surface area (Å²) in [5.74, 6) is -0.162. The quantitative estimate of drug-likeness (QED) is 0.542. The monoisotopic (exact) mass is 556 g/mol. The van der Waals surface area contributed by atoms with Crippen molar-refractivity contribution in [1.82, 2.24) is 20.0 Å². The minimum atomic E-state index is -1.15. The van der Waals surface area contributed by atoms with Gasteiger partial charge in [0, 0.05) is 74.3 Å². The van der Waals surface area contributed by atoms with Crippen LogP contribution in [0.3, 0.4) is 0 Å². The number of carbonyl (C=O) groups is 1. The molecule has 0 radical (unpaired) electrons. The van der Waals surface area contributed by atoms with Crippen LogP contribution in [-0.2, 0) is 16.1 Å². The number of benzene rings is 2. The molecule has 38 heavy (non-hydrogen) atoms. The average Bonchev–Trinajstić information content (AvgIpc) is 3.14. The van der Waals surface area contributed by atoms with Gasteiger partial charge in [-0.25, -0.2) is 0 Å². The van der Waals surface area contributed by atoms with E-state index in [0.717, 1.165) is 37.3 Å². The number of nitrogens with one attached hydrogen (secondary N) is 1. The molecule has 0 spiro atoms. The number of dihydropyridines is 1. The van der Waals surface area contributed by atoms with Gasteiger partial charge in [-0.05, 0) is 43.8 Å². The molecule has 3 atom stereocenters. The predicted octanol–water partition coefficient (Wildman–Crippen LogP) is 3.71. The number of methoxy groups -OCH3 is 1. The zero-order chi connectivity index (χ0) is 27.1. The van der Waals surface area contributed by atoms with Crippen LogP contribution in [0.25, 0.3) is 0 Å². The molecule has 2 aromatic carbocycles. The van der Waals surface area contributed by atoms with Gasteiger partial charge in [-0.3, -0.25) is 14.6 Å². The lowest BCUT2D eigenvalue weighted by Crippen LogP contribution is -2.51. The number of allylic oxidation sites excluding steroid dienone is 2. The predicted molar refractivity (Wildman–Crippen MR) is 150 cm³/mol. The number of aliphatic hydroxyl groups is 1. The smallest absolute Gasteiger partial charge is 0.257 e. The number of halogens is 2. The summed E-state index contributed by atoms with van der Waals surface area (Å²) in [7, 11) is 3.72. The van der Waals surface area contributed by atoms with E-state index in [4.69, 9.17) is 27.9 Å². The van der Waals surface area contributed by atoms with Crippen molar-refractivity contribution < 1.29 is 14.6 Å². The second-order valence-electron chi connectivity index (χ2n) is 10.5. The normalized spacial score (nSPS) is 25.6. The number of amides is 1. The Morgan fingerprint density at radius 3 is 2.47 bits per heavy atom. The van der Waals surface area contributed by atoms with E-state index < -0.39 is 11.3 Å². The van der Waals surface area contributed by atoms with Gasteiger partial charge >= 0.3 is 0 Å². The molecule has 0 saturated carbocycles. The molecule has 2 N–H and O–H groups in total. The third kappa shape index (κ3) is 4.99. The van der Waals surface area contributed by atoms with E-state index in [1.807, 2.05) is 49.4 Å². The lowest BCUT2D eigenvalue weighted by atomic mass is 9.88. The number of nitrogens with zero attached hydrogens (tertiary/aromatic N) is 3. The van der Waals surface area contributed by atoms with Crippen LogP contribution < -0.4 is 5.32 Å². The lowest BCUT2D eigenvalue weighted by Gasteiger charge is -2.40. The molecule has 0 aromatic heterocycles. The summed E-state index contributed by atoms with van der Waals surface area (Å²) < 4.78 is 6.25. The van der Waals surface area contributed by atoms with Gasteiger partial charge in [-0.2, -0.15) is 0 Å². The van der Waals surface area contributed by atoms with Crippen molar-refractivity contribution >= 4 is 29.1 Å². The Hall–Kier alpha value is -2.39. The highest BCUT2D eigenvalue weighted by atomic mass is 35.5. The second-order valence-corrected chi connectivity index (χ2v) is 11.4. The van der Waals surface area contributed by atoms with E-state index in [0.29, 0.717) is 34.3 Å². The summed E-state index contributed by atoms with van der Waals surface area (Å²) in [4.78, 5) is 20.4. The highest BCUT2D eigenvalue weighted by Gasteiger charge is 2.52. The minimum Gasteiger partial charge on any atom is -0.384 e. The Balaban J connectivity index is 1.53. The first-order chi connectivity index (χ1) is 18.1. The number of carbonyl (C=O) groups excluding carboxylic acids is 1. The second kappa shape index (κ2) is 10.6. The molecule has 2 aromatic rings.